The first-order valence-electron chi connectivity index (χ1n) is 10.1. The Morgan fingerprint density at radius 3 is 2.42 bits per heavy atom. The van der Waals surface area contributed by atoms with Crippen LogP contribution < -0.4 is 5.43 Å². The molecule has 1 saturated heterocycles. The van der Waals surface area contributed by atoms with Gasteiger partial charge < -0.3 is 14.7 Å². The Balaban J connectivity index is 1.70. The number of hydrazone groups is 1. The first-order valence-corrected chi connectivity index (χ1v) is 10.5. The number of alkyl halides is 3. The molecule has 0 spiro atoms. The first kappa shape index (κ1) is 24.5. The van der Waals surface area contributed by atoms with Crippen LogP contribution in [0.15, 0.2) is 29.4 Å². The zero-order chi connectivity index (χ0) is 24.3. The SMILES string of the molecule is COC(=O)C1CCN(C(=S)NN=C(C)c2nn(C)c(-c3ccc(C(F)(F)F)cc3)c2O)CC1. The minimum Gasteiger partial charge on any atom is -0.504 e. The smallest absolute Gasteiger partial charge is 0.416 e. The lowest BCUT2D eigenvalue weighted by Crippen LogP contribution is -2.44. The number of methoxy groups -OCH3 is 1. The van der Waals surface area contributed by atoms with E-state index in [9.17, 15) is 23.1 Å². The van der Waals surface area contributed by atoms with E-state index >= 15 is 0 Å². The van der Waals surface area contributed by atoms with E-state index in [0.29, 0.717) is 42.3 Å². The zero-order valence-corrected chi connectivity index (χ0v) is 19.1. The van der Waals surface area contributed by atoms with E-state index in [1.165, 1.54) is 23.9 Å². The molecule has 2 aromatic rings. The van der Waals surface area contributed by atoms with Crippen molar-refractivity contribution in [2.45, 2.75) is 25.9 Å². The summed E-state index contributed by atoms with van der Waals surface area (Å²) in [7, 11) is 2.95. The largest absolute Gasteiger partial charge is 0.504 e. The molecule has 2 N–H and O–H groups in total. The second-order valence-electron chi connectivity index (χ2n) is 7.64. The normalized spacial score (nSPS) is 15.5. The van der Waals surface area contributed by atoms with Gasteiger partial charge in [-0.05, 0) is 44.1 Å². The third kappa shape index (κ3) is 5.44. The molecule has 1 fully saturated rings. The fourth-order valence-electron chi connectivity index (χ4n) is 3.64. The van der Waals surface area contributed by atoms with Gasteiger partial charge in [0, 0.05) is 25.7 Å². The number of aromatic hydroxyl groups is 1. The van der Waals surface area contributed by atoms with Crippen LogP contribution in [0.1, 0.15) is 31.0 Å². The summed E-state index contributed by atoms with van der Waals surface area (Å²) >= 11 is 5.37. The summed E-state index contributed by atoms with van der Waals surface area (Å²) in [4.78, 5) is 13.5. The van der Waals surface area contributed by atoms with Gasteiger partial charge in [-0.1, -0.05) is 12.1 Å². The number of nitrogens with one attached hydrogen (secondary N) is 1. The highest BCUT2D eigenvalue weighted by Gasteiger charge is 2.30. The third-order valence-electron chi connectivity index (χ3n) is 5.49. The number of rotatable bonds is 4. The Morgan fingerprint density at radius 2 is 1.88 bits per heavy atom. The maximum Gasteiger partial charge on any atom is 0.416 e. The lowest BCUT2D eigenvalue weighted by molar-refractivity contribution is -0.146. The van der Waals surface area contributed by atoms with Gasteiger partial charge in [0.15, 0.2) is 16.6 Å². The molecule has 0 unspecified atom stereocenters. The number of carbonyl (C=O) groups excluding carboxylic acids is 1. The second-order valence-corrected chi connectivity index (χ2v) is 8.03. The summed E-state index contributed by atoms with van der Waals surface area (Å²) in [5.41, 5.74) is 3.15. The first-order chi connectivity index (χ1) is 15.5. The highest BCUT2D eigenvalue weighted by Crippen LogP contribution is 2.35. The number of halogens is 3. The number of aryl methyl sites for hydroxylation is 1. The number of hydrogen-bond acceptors (Lipinski definition) is 6. The van der Waals surface area contributed by atoms with Crippen molar-refractivity contribution in [2.24, 2.45) is 18.1 Å². The van der Waals surface area contributed by atoms with Gasteiger partial charge in [0.25, 0.3) is 0 Å². The Labute approximate surface area is 194 Å². The van der Waals surface area contributed by atoms with Crippen LogP contribution in [0.25, 0.3) is 11.3 Å². The summed E-state index contributed by atoms with van der Waals surface area (Å²) in [6.07, 6.45) is -3.20. The zero-order valence-electron chi connectivity index (χ0n) is 18.3. The lowest BCUT2D eigenvalue weighted by Gasteiger charge is -2.31. The van der Waals surface area contributed by atoms with Crippen LogP contribution in [0.3, 0.4) is 0 Å². The Morgan fingerprint density at radius 1 is 1.27 bits per heavy atom. The van der Waals surface area contributed by atoms with E-state index in [0.717, 1.165) is 12.1 Å². The topological polar surface area (TPSA) is 92.0 Å². The predicted molar refractivity (Wildman–Crippen MR) is 120 cm³/mol. The molecule has 1 aliphatic rings. The van der Waals surface area contributed by atoms with Crippen molar-refractivity contribution in [2.75, 3.05) is 20.2 Å². The molecule has 0 amide bonds. The average molecular weight is 484 g/mol. The molecule has 0 saturated carbocycles. The van der Waals surface area contributed by atoms with Gasteiger partial charge in [-0.3, -0.25) is 14.9 Å². The number of aromatic nitrogens is 2. The predicted octanol–water partition coefficient (Wildman–Crippen LogP) is 3.30. The minimum atomic E-state index is -4.44. The van der Waals surface area contributed by atoms with Crippen LogP contribution in [-0.4, -0.2) is 56.8 Å². The number of ether oxygens (including phenoxy) is 1. The van der Waals surface area contributed by atoms with E-state index in [-0.39, 0.29) is 29.0 Å². The number of carbonyl (C=O) groups is 1. The van der Waals surface area contributed by atoms with Crippen molar-refractivity contribution < 1.29 is 27.8 Å². The summed E-state index contributed by atoms with van der Waals surface area (Å²) < 4.78 is 44.6. The molecule has 8 nitrogen and oxygen atoms in total. The number of esters is 1. The van der Waals surface area contributed by atoms with E-state index in [2.05, 4.69) is 15.6 Å². The molecule has 33 heavy (non-hydrogen) atoms. The highest BCUT2D eigenvalue weighted by atomic mass is 32.1. The molecule has 1 aromatic heterocycles. The monoisotopic (exact) mass is 483 g/mol. The van der Waals surface area contributed by atoms with Crippen molar-refractivity contribution in [3.8, 4) is 17.0 Å². The maximum atomic E-state index is 12.8. The molecule has 1 aromatic carbocycles. The fraction of sp³-hybridized carbons (Fsp3) is 0.429. The van der Waals surface area contributed by atoms with Crippen LogP contribution in [0.5, 0.6) is 5.75 Å². The lowest BCUT2D eigenvalue weighted by atomic mass is 9.97. The molecule has 0 bridgehead atoms. The van der Waals surface area contributed by atoms with Crippen molar-refractivity contribution in [3.63, 3.8) is 0 Å². The standard InChI is InChI=1S/C21H24F3N5O3S/c1-12(25-26-20(33)29-10-8-14(9-11-29)19(31)32-3)16-18(30)17(28(2)27-16)13-4-6-15(7-5-13)21(22,23)24/h4-7,14,30H,8-11H2,1-3H3,(H,26,33). The van der Waals surface area contributed by atoms with E-state index in [4.69, 9.17) is 17.0 Å². The number of hydrogen-bond donors (Lipinski definition) is 2. The molecule has 178 valence electrons. The van der Waals surface area contributed by atoms with Gasteiger partial charge in [0.1, 0.15) is 5.69 Å². The van der Waals surface area contributed by atoms with Crippen LogP contribution >= 0.6 is 12.2 Å². The number of benzene rings is 1. The summed E-state index contributed by atoms with van der Waals surface area (Å²) in [5.74, 6) is -0.574. The van der Waals surface area contributed by atoms with Crippen molar-refractivity contribution in [3.05, 3.63) is 35.5 Å². The van der Waals surface area contributed by atoms with Gasteiger partial charge in [-0.15, -0.1) is 0 Å². The molecule has 0 radical (unpaired) electrons. The van der Waals surface area contributed by atoms with E-state index in [1.54, 1.807) is 14.0 Å². The molecule has 0 aliphatic carbocycles. The Hall–Kier alpha value is -3.15. The van der Waals surface area contributed by atoms with Gasteiger partial charge in [0.2, 0.25) is 0 Å². The summed E-state index contributed by atoms with van der Waals surface area (Å²) in [5, 5.41) is 19.5. The van der Waals surface area contributed by atoms with Crippen LogP contribution in [0.4, 0.5) is 13.2 Å². The second kappa shape index (κ2) is 9.77. The Bertz CT molecular complexity index is 1060. The quantitative estimate of drug-likeness (QED) is 0.298. The fourth-order valence-corrected chi connectivity index (χ4v) is 3.87. The highest BCUT2D eigenvalue weighted by molar-refractivity contribution is 7.80. The molecule has 12 heteroatoms. The summed E-state index contributed by atoms with van der Waals surface area (Å²) in [6, 6.07) is 4.46. The molecular weight excluding hydrogens is 459 g/mol. The Kier molecular flexibility index (Phi) is 7.25. The number of thiocarbonyl (C=S) groups is 1. The third-order valence-corrected chi connectivity index (χ3v) is 5.84. The van der Waals surface area contributed by atoms with E-state index in [1.807, 2.05) is 4.90 Å². The van der Waals surface area contributed by atoms with Crippen LogP contribution in [-0.2, 0) is 22.8 Å². The van der Waals surface area contributed by atoms with Crippen molar-refractivity contribution in [1.82, 2.24) is 20.1 Å². The van der Waals surface area contributed by atoms with Crippen LogP contribution in [0.2, 0.25) is 0 Å². The molecule has 2 heterocycles. The number of likely N-dealkylation sites (tertiary alicyclic amines) is 1. The van der Waals surface area contributed by atoms with Gasteiger partial charge in [-0.2, -0.15) is 23.4 Å². The van der Waals surface area contributed by atoms with E-state index < -0.39 is 11.7 Å². The molecule has 0 atom stereocenters. The molecular formula is C21H24F3N5O3S. The molecule has 3 rings (SSSR count). The van der Waals surface area contributed by atoms with Crippen molar-refractivity contribution >= 4 is 29.0 Å². The van der Waals surface area contributed by atoms with Crippen molar-refractivity contribution in [1.29, 1.82) is 0 Å². The van der Waals surface area contributed by atoms with Gasteiger partial charge in [-0.25, -0.2) is 0 Å². The van der Waals surface area contributed by atoms with Crippen LogP contribution in [0, 0.1) is 5.92 Å². The summed E-state index contributed by atoms with van der Waals surface area (Å²) in [6.45, 7) is 2.78. The minimum absolute atomic E-state index is 0.145. The van der Waals surface area contributed by atoms with Gasteiger partial charge >= 0.3 is 12.1 Å². The maximum absolute atomic E-state index is 12.8. The number of nitrogens with zero attached hydrogens (tertiary/aromatic N) is 4. The molecule has 1 aliphatic heterocycles. The average Bonchev–Trinajstić information content (AvgIpc) is 3.10. The number of piperidine rings is 1. The van der Waals surface area contributed by atoms with Gasteiger partial charge in [0.05, 0.1) is 24.3 Å².